The van der Waals surface area contributed by atoms with Crippen LogP contribution in [-0.4, -0.2) is 14.5 Å². The molecule has 0 unspecified atom stereocenters. The van der Waals surface area contributed by atoms with Gasteiger partial charge in [-0.3, -0.25) is 4.98 Å². The number of hydrogen-bond acceptors (Lipinski definition) is 3. The van der Waals surface area contributed by atoms with E-state index in [1.165, 1.54) is 5.56 Å². The Hall–Kier alpha value is -2.07. The van der Waals surface area contributed by atoms with Crippen LogP contribution in [0, 0.1) is 0 Å². The second-order valence-corrected chi connectivity index (χ2v) is 5.03. The molecule has 20 heavy (non-hydrogen) atoms. The molecule has 0 atom stereocenters. The third-order valence-electron chi connectivity index (χ3n) is 3.43. The molecule has 3 rings (SSSR count). The van der Waals surface area contributed by atoms with Gasteiger partial charge >= 0.3 is 0 Å². The molecule has 1 aromatic carbocycles. The second-order valence-electron chi connectivity index (χ2n) is 4.63. The van der Waals surface area contributed by atoms with E-state index in [0.29, 0.717) is 17.5 Å². The summed E-state index contributed by atoms with van der Waals surface area (Å²) in [5, 5.41) is 0.615. The van der Waals surface area contributed by atoms with E-state index < -0.39 is 0 Å². The first-order valence-electron chi connectivity index (χ1n) is 6.53. The number of fused-ring (bicyclic) bond motifs is 1. The third-order valence-corrected chi connectivity index (χ3v) is 3.74. The van der Waals surface area contributed by atoms with Gasteiger partial charge in [-0.2, -0.15) is 0 Å². The van der Waals surface area contributed by atoms with Crippen LogP contribution in [0.3, 0.4) is 0 Å². The molecule has 0 amide bonds. The van der Waals surface area contributed by atoms with E-state index in [1.807, 2.05) is 28.8 Å². The molecule has 3 aromatic rings. The minimum absolute atomic E-state index is 0.459. The molecule has 5 heteroatoms. The van der Waals surface area contributed by atoms with E-state index in [0.717, 1.165) is 23.1 Å². The number of halogens is 1. The summed E-state index contributed by atoms with van der Waals surface area (Å²) in [5.74, 6) is 0.459. The van der Waals surface area contributed by atoms with Gasteiger partial charge in [-0.25, -0.2) is 4.98 Å². The summed E-state index contributed by atoms with van der Waals surface area (Å²) < 4.78 is 1.95. The minimum atomic E-state index is 0.459. The van der Waals surface area contributed by atoms with Crippen molar-refractivity contribution < 1.29 is 0 Å². The first-order chi connectivity index (χ1) is 9.70. The van der Waals surface area contributed by atoms with Crippen molar-refractivity contribution in [2.24, 2.45) is 0 Å². The highest BCUT2D eigenvalue weighted by Crippen LogP contribution is 2.25. The SMILES string of the molecule is CCc1cccnc1Cn1c(N)nc2c(Cl)cccc21. The van der Waals surface area contributed by atoms with Crippen molar-refractivity contribution in [3.63, 3.8) is 0 Å². The predicted molar refractivity (Wildman–Crippen MR) is 81.9 cm³/mol. The number of nitrogens with zero attached hydrogens (tertiary/aromatic N) is 3. The van der Waals surface area contributed by atoms with Crippen molar-refractivity contribution in [3.8, 4) is 0 Å². The number of imidazole rings is 1. The lowest BCUT2D eigenvalue weighted by molar-refractivity contribution is 0.793. The number of rotatable bonds is 3. The summed E-state index contributed by atoms with van der Waals surface area (Å²) >= 11 is 6.16. The lowest BCUT2D eigenvalue weighted by Gasteiger charge is -2.09. The van der Waals surface area contributed by atoms with Crippen LogP contribution in [0.5, 0.6) is 0 Å². The van der Waals surface area contributed by atoms with Crippen molar-refractivity contribution in [1.29, 1.82) is 0 Å². The molecule has 0 radical (unpaired) electrons. The van der Waals surface area contributed by atoms with Crippen LogP contribution >= 0.6 is 11.6 Å². The Morgan fingerprint density at radius 3 is 2.90 bits per heavy atom. The first kappa shape index (κ1) is 12.9. The van der Waals surface area contributed by atoms with Gasteiger partial charge in [0.15, 0.2) is 0 Å². The summed E-state index contributed by atoms with van der Waals surface area (Å²) in [5.41, 5.74) is 9.93. The highest BCUT2D eigenvalue weighted by Gasteiger charge is 2.12. The van der Waals surface area contributed by atoms with Gasteiger partial charge < -0.3 is 10.3 Å². The minimum Gasteiger partial charge on any atom is -0.369 e. The maximum atomic E-state index is 6.16. The number of benzene rings is 1. The summed E-state index contributed by atoms with van der Waals surface area (Å²) in [4.78, 5) is 8.80. The standard InChI is InChI=1S/C15H15ClN4/c1-2-10-5-4-8-18-12(10)9-20-13-7-3-6-11(16)14(13)19-15(20)17/h3-8H,2,9H2,1H3,(H2,17,19). The van der Waals surface area contributed by atoms with Gasteiger partial charge in [0, 0.05) is 6.20 Å². The van der Waals surface area contributed by atoms with Gasteiger partial charge in [0.25, 0.3) is 0 Å². The highest BCUT2D eigenvalue weighted by atomic mass is 35.5. The van der Waals surface area contributed by atoms with Crippen molar-refractivity contribution in [3.05, 3.63) is 52.8 Å². The average Bonchev–Trinajstić information content (AvgIpc) is 2.78. The second kappa shape index (κ2) is 5.13. The Kier molecular flexibility index (Phi) is 3.32. The van der Waals surface area contributed by atoms with Crippen LogP contribution in [0.2, 0.25) is 5.02 Å². The molecule has 0 spiro atoms. The zero-order valence-electron chi connectivity index (χ0n) is 11.2. The van der Waals surface area contributed by atoms with Gasteiger partial charge in [0.2, 0.25) is 5.95 Å². The number of nitrogen functional groups attached to an aromatic ring is 1. The van der Waals surface area contributed by atoms with Crippen LogP contribution in [0.1, 0.15) is 18.2 Å². The van der Waals surface area contributed by atoms with E-state index in [-0.39, 0.29) is 0 Å². The average molecular weight is 287 g/mol. The van der Waals surface area contributed by atoms with E-state index in [2.05, 4.69) is 23.0 Å². The Morgan fingerprint density at radius 1 is 1.25 bits per heavy atom. The topological polar surface area (TPSA) is 56.7 Å². The van der Waals surface area contributed by atoms with Crippen molar-refractivity contribution in [1.82, 2.24) is 14.5 Å². The summed E-state index contributed by atoms with van der Waals surface area (Å²) in [6.07, 6.45) is 2.74. The van der Waals surface area contributed by atoms with Crippen LogP contribution in [0.4, 0.5) is 5.95 Å². The van der Waals surface area contributed by atoms with Crippen LogP contribution < -0.4 is 5.73 Å². The van der Waals surface area contributed by atoms with Crippen LogP contribution in [-0.2, 0) is 13.0 Å². The molecule has 0 fully saturated rings. The maximum absolute atomic E-state index is 6.16. The molecule has 2 N–H and O–H groups in total. The van der Waals surface area contributed by atoms with Gasteiger partial charge in [-0.1, -0.05) is 30.7 Å². The summed E-state index contributed by atoms with van der Waals surface area (Å²) in [7, 11) is 0. The Morgan fingerprint density at radius 2 is 2.10 bits per heavy atom. The number of aryl methyl sites for hydroxylation is 1. The number of anilines is 1. The molecule has 0 bridgehead atoms. The smallest absolute Gasteiger partial charge is 0.201 e. The normalized spacial score (nSPS) is 11.1. The number of para-hydroxylation sites is 1. The molecule has 4 nitrogen and oxygen atoms in total. The van der Waals surface area contributed by atoms with Crippen molar-refractivity contribution in [2.75, 3.05) is 5.73 Å². The number of hydrogen-bond donors (Lipinski definition) is 1. The fraction of sp³-hybridized carbons (Fsp3) is 0.200. The monoisotopic (exact) mass is 286 g/mol. The van der Waals surface area contributed by atoms with Gasteiger partial charge in [0.05, 0.1) is 22.8 Å². The van der Waals surface area contributed by atoms with E-state index in [9.17, 15) is 0 Å². The molecular weight excluding hydrogens is 272 g/mol. The first-order valence-corrected chi connectivity index (χ1v) is 6.91. The third kappa shape index (κ3) is 2.12. The molecule has 2 aromatic heterocycles. The lowest BCUT2D eigenvalue weighted by Crippen LogP contribution is -2.08. The largest absolute Gasteiger partial charge is 0.369 e. The highest BCUT2D eigenvalue weighted by molar-refractivity contribution is 6.35. The fourth-order valence-corrected chi connectivity index (χ4v) is 2.59. The number of pyridine rings is 1. The Balaban J connectivity index is 2.11. The maximum Gasteiger partial charge on any atom is 0.201 e. The molecule has 2 heterocycles. The van der Waals surface area contributed by atoms with E-state index in [1.54, 1.807) is 6.20 Å². The number of nitrogens with two attached hydrogens (primary N) is 1. The summed E-state index contributed by atoms with van der Waals surface area (Å²) in [6.45, 7) is 2.72. The predicted octanol–water partition coefficient (Wildman–Crippen LogP) is 3.28. The Bertz CT molecular complexity index is 764. The fourth-order valence-electron chi connectivity index (χ4n) is 2.38. The molecule has 0 aliphatic heterocycles. The molecule has 0 saturated heterocycles. The molecular formula is C15H15ClN4. The van der Waals surface area contributed by atoms with Crippen LogP contribution in [0.15, 0.2) is 36.5 Å². The van der Waals surface area contributed by atoms with E-state index >= 15 is 0 Å². The molecule has 0 aliphatic carbocycles. The zero-order valence-corrected chi connectivity index (χ0v) is 11.9. The molecule has 102 valence electrons. The van der Waals surface area contributed by atoms with Crippen molar-refractivity contribution in [2.45, 2.75) is 19.9 Å². The Labute approximate surface area is 122 Å². The van der Waals surface area contributed by atoms with Crippen LogP contribution in [0.25, 0.3) is 11.0 Å². The number of aromatic nitrogens is 3. The summed E-state index contributed by atoms with van der Waals surface area (Å²) in [6, 6.07) is 9.73. The molecule has 0 saturated carbocycles. The van der Waals surface area contributed by atoms with Gasteiger partial charge in [0.1, 0.15) is 5.52 Å². The van der Waals surface area contributed by atoms with Crippen molar-refractivity contribution >= 4 is 28.6 Å². The lowest BCUT2D eigenvalue weighted by atomic mass is 10.1. The molecule has 0 aliphatic rings. The quantitative estimate of drug-likeness (QED) is 0.804. The van der Waals surface area contributed by atoms with Gasteiger partial charge in [-0.15, -0.1) is 0 Å². The van der Waals surface area contributed by atoms with Gasteiger partial charge in [-0.05, 0) is 30.2 Å². The van der Waals surface area contributed by atoms with E-state index in [4.69, 9.17) is 17.3 Å². The zero-order chi connectivity index (χ0) is 14.1.